The van der Waals surface area contributed by atoms with Gasteiger partial charge in [0.15, 0.2) is 11.2 Å². The first-order valence-electron chi connectivity index (χ1n) is 7.84. The number of ether oxygens (including phenoxy) is 3. The number of benzene rings is 1. The van der Waals surface area contributed by atoms with E-state index in [0.29, 0.717) is 23.2 Å². The zero-order valence-corrected chi connectivity index (χ0v) is 14.7. The van der Waals surface area contributed by atoms with Gasteiger partial charge in [0.05, 0.1) is 13.2 Å². The lowest BCUT2D eigenvalue weighted by Gasteiger charge is -2.17. The molecule has 3 N–H and O–H groups in total. The Hall–Kier alpha value is -2.06. The Bertz CT molecular complexity index is 564. The molecule has 1 aliphatic heterocycles. The first-order valence-corrected chi connectivity index (χ1v) is 8.25. The van der Waals surface area contributed by atoms with Gasteiger partial charge in [0, 0.05) is 19.2 Å². The highest BCUT2D eigenvalue weighted by molar-refractivity contribution is 7.80. The zero-order chi connectivity index (χ0) is 17.4. The molecule has 1 saturated heterocycles. The number of hydrogen-bond acceptors (Lipinski definition) is 5. The monoisotopic (exact) mass is 353 g/mol. The highest BCUT2D eigenvalue weighted by atomic mass is 32.1. The van der Waals surface area contributed by atoms with Crippen LogP contribution in [-0.2, 0) is 9.53 Å². The van der Waals surface area contributed by atoms with Crippen LogP contribution < -0.4 is 25.6 Å². The largest absolute Gasteiger partial charge is 0.497 e. The number of carbonyl (C=O) groups is 1. The third-order valence-electron chi connectivity index (χ3n) is 3.54. The highest BCUT2D eigenvalue weighted by Crippen LogP contribution is 2.19. The molecule has 1 aliphatic rings. The third-order valence-corrected chi connectivity index (χ3v) is 3.78. The van der Waals surface area contributed by atoms with Gasteiger partial charge in [-0.15, -0.1) is 0 Å². The second-order valence-electron chi connectivity index (χ2n) is 5.40. The summed E-state index contributed by atoms with van der Waals surface area (Å²) in [4.78, 5) is 12.0. The van der Waals surface area contributed by atoms with Gasteiger partial charge in [0.1, 0.15) is 11.5 Å². The molecular formula is C16H23N3O4S. The van der Waals surface area contributed by atoms with Crippen LogP contribution in [0.3, 0.4) is 0 Å². The van der Waals surface area contributed by atoms with Gasteiger partial charge in [0.2, 0.25) is 0 Å². The summed E-state index contributed by atoms with van der Waals surface area (Å²) in [5.74, 6) is 0.882. The Morgan fingerprint density at radius 1 is 1.42 bits per heavy atom. The van der Waals surface area contributed by atoms with Gasteiger partial charge < -0.3 is 19.5 Å². The number of hydrazine groups is 1. The summed E-state index contributed by atoms with van der Waals surface area (Å²) in [7, 11) is 1.57. The fraction of sp³-hybridized carbons (Fsp3) is 0.500. The maximum atomic E-state index is 12.0. The molecule has 8 heteroatoms. The number of amides is 1. The number of carbonyl (C=O) groups excluding carboxylic acids is 1. The minimum Gasteiger partial charge on any atom is -0.497 e. The molecular weight excluding hydrogens is 330 g/mol. The Kier molecular flexibility index (Phi) is 7.07. The Balaban J connectivity index is 1.69. The van der Waals surface area contributed by atoms with Crippen molar-refractivity contribution in [3.05, 3.63) is 24.3 Å². The van der Waals surface area contributed by atoms with E-state index in [4.69, 9.17) is 26.4 Å². The molecule has 132 valence electrons. The second-order valence-corrected chi connectivity index (χ2v) is 5.81. The van der Waals surface area contributed by atoms with Crippen molar-refractivity contribution >= 4 is 23.2 Å². The van der Waals surface area contributed by atoms with Crippen LogP contribution in [0.25, 0.3) is 0 Å². The van der Waals surface area contributed by atoms with Crippen molar-refractivity contribution in [3.8, 4) is 11.5 Å². The van der Waals surface area contributed by atoms with E-state index in [-0.39, 0.29) is 12.0 Å². The lowest BCUT2D eigenvalue weighted by molar-refractivity contribution is -0.127. The van der Waals surface area contributed by atoms with Crippen LogP contribution in [0, 0.1) is 0 Å². The molecule has 1 heterocycles. The molecule has 2 rings (SSSR count). The topological polar surface area (TPSA) is 80.9 Å². The summed E-state index contributed by atoms with van der Waals surface area (Å²) in [6.07, 6.45) is 1.58. The summed E-state index contributed by atoms with van der Waals surface area (Å²) < 4.78 is 16.2. The fourth-order valence-electron chi connectivity index (χ4n) is 2.21. The molecule has 1 aromatic carbocycles. The van der Waals surface area contributed by atoms with Crippen LogP contribution in [-0.4, -0.2) is 43.5 Å². The van der Waals surface area contributed by atoms with Crippen molar-refractivity contribution in [2.75, 3.05) is 20.3 Å². The van der Waals surface area contributed by atoms with E-state index in [1.807, 2.05) is 0 Å². The minimum absolute atomic E-state index is 0.177. The molecule has 0 bridgehead atoms. The Labute approximate surface area is 147 Å². The molecule has 0 saturated carbocycles. The molecule has 2 atom stereocenters. The first-order chi connectivity index (χ1) is 11.6. The molecule has 1 amide bonds. The minimum atomic E-state index is -0.689. The second kappa shape index (κ2) is 9.29. The molecule has 0 unspecified atom stereocenters. The Morgan fingerprint density at radius 3 is 2.92 bits per heavy atom. The SMILES string of the molecule is COc1cccc(O[C@@H](C)C(=O)NNC(=S)NC[C@@H]2CCCO2)c1. The van der Waals surface area contributed by atoms with Crippen molar-refractivity contribution in [1.82, 2.24) is 16.2 Å². The summed E-state index contributed by atoms with van der Waals surface area (Å²) in [5, 5.41) is 3.35. The summed E-state index contributed by atoms with van der Waals surface area (Å²) in [6, 6.07) is 7.07. The maximum Gasteiger partial charge on any atom is 0.279 e. The summed E-state index contributed by atoms with van der Waals surface area (Å²) >= 11 is 5.11. The Morgan fingerprint density at radius 2 is 2.21 bits per heavy atom. The van der Waals surface area contributed by atoms with E-state index in [0.717, 1.165) is 19.4 Å². The lowest BCUT2D eigenvalue weighted by atomic mass is 10.2. The predicted molar refractivity (Wildman–Crippen MR) is 93.9 cm³/mol. The molecule has 0 aliphatic carbocycles. The quantitative estimate of drug-likeness (QED) is 0.523. The zero-order valence-electron chi connectivity index (χ0n) is 13.8. The first kappa shape index (κ1) is 18.3. The summed E-state index contributed by atoms with van der Waals surface area (Å²) in [5.41, 5.74) is 5.17. The van der Waals surface area contributed by atoms with Gasteiger partial charge >= 0.3 is 0 Å². The van der Waals surface area contributed by atoms with Crippen molar-refractivity contribution in [2.45, 2.75) is 32.0 Å². The van der Waals surface area contributed by atoms with E-state index >= 15 is 0 Å². The van der Waals surface area contributed by atoms with Crippen molar-refractivity contribution in [2.24, 2.45) is 0 Å². The van der Waals surface area contributed by atoms with E-state index < -0.39 is 6.10 Å². The fourth-order valence-corrected chi connectivity index (χ4v) is 2.34. The smallest absolute Gasteiger partial charge is 0.279 e. The van der Waals surface area contributed by atoms with Gasteiger partial charge in [0.25, 0.3) is 5.91 Å². The molecule has 7 nitrogen and oxygen atoms in total. The normalized spacial score (nSPS) is 17.7. The van der Waals surface area contributed by atoms with Crippen LogP contribution in [0.15, 0.2) is 24.3 Å². The highest BCUT2D eigenvalue weighted by Gasteiger charge is 2.17. The molecule has 1 fully saturated rings. The van der Waals surface area contributed by atoms with Crippen LogP contribution in [0.5, 0.6) is 11.5 Å². The van der Waals surface area contributed by atoms with Crippen LogP contribution in [0.1, 0.15) is 19.8 Å². The number of methoxy groups -OCH3 is 1. The average molecular weight is 353 g/mol. The van der Waals surface area contributed by atoms with Gasteiger partial charge in [-0.3, -0.25) is 15.6 Å². The number of rotatable bonds is 6. The molecule has 1 aromatic rings. The van der Waals surface area contributed by atoms with E-state index in [1.165, 1.54) is 0 Å². The van der Waals surface area contributed by atoms with Crippen LogP contribution in [0.4, 0.5) is 0 Å². The van der Waals surface area contributed by atoms with Gasteiger partial charge in [-0.25, -0.2) is 0 Å². The van der Waals surface area contributed by atoms with Gasteiger partial charge in [-0.2, -0.15) is 0 Å². The van der Waals surface area contributed by atoms with Crippen molar-refractivity contribution in [1.29, 1.82) is 0 Å². The number of hydrogen-bond donors (Lipinski definition) is 3. The van der Waals surface area contributed by atoms with Crippen molar-refractivity contribution in [3.63, 3.8) is 0 Å². The molecule has 0 aromatic heterocycles. The van der Waals surface area contributed by atoms with Gasteiger partial charge in [-0.05, 0) is 44.1 Å². The predicted octanol–water partition coefficient (Wildman–Crippen LogP) is 1.14. The molecule has 24 heavy (non-hydrogen) atoms. The van der Waals surface area contributed by atoms with Crippen LogP contribution >= 0.6 is 12.2 Å². The van der Waals surface area contributed by atoms with E-state index in [2.05, 4.69) is 16.2 Å². The van der Waals surface area contributed by atoms with Gasteiger partial charge in [-0.1, -0.05) is 6.07 Å². The van der Waals surface area contributed by atoms with E-state index in [1.54, 1.807) is 38.3 Å². The lowest BCUT2D eigenvalue weighted by Crippen LogP contribution is -2.51. The van der Waals surface area contributed by atoms with Crippen LogP contribution in [0.2, 0.25) is 0 Å². The third kappa shape index (κ3) is 5.86. The average Bonchev–Trinajstić information content (AvgIpc) is 3.11. The number of nitrogens with one attached hydrogen (secondary N) is 3. The van der Waals surface area contributed by atoms with Crippen molar-refractivity contribution < 1.29 is 19.0 Å². The number of thiocarbonyl (C=S) groups is 1. The van der Waals surface area contributed by atoms with E-state index in [9.17, 15) is 4.79 Å². The molecule has 0 spiro atoms. The standard InChI is InChI=1S/C16H23N3O4S/c1-11(23-13-6-3-5-12(9-13)21-2)15(20)18-19-16(24)17-10-14-7-4-8-22-14/h3,5-6,9,11,14H,4,7-8,10H2,1-2H3,(H,18,20)(H2,17,19,24)/t11-,14-/m0/s1. The summed E-state index contributed by atoms with van der Waals surface area (Å²) in [6.45, 7) is 3.07. The maximum absolute atomic E-state index is 12.0. The molecule has 0 radical (unpaired) electrons.